The van der Waals surface area contributed by atoms with Gasteiger partial charge in [0.1, 0.15) is 0 Å². The second-order valence-electron chi connectivity index (χ2n) is 15.5. The lowest BCUT2D eigenvalue weighted by atomic mass is 9.47. The highest BCUT2D eigenvalue weighted by molar-refractivity contribution is 5.81. The molecule has 0 spiro atoms. The van der Waals surface area contributed by atoms with Crippen molar-refractivity contribution in [3.05, 3.63) is 18.3 Å². The lowest BCUT2D eigenvalue weighted by molar-refractivity contribution is -0.145. The van der Waals surface area contributed by atoms with Crippen LogP contribution in [-0.2, 0) is 4.79 Å². The standard InChI is InChI=1S/C33H50N6O3/c1-32(2,3)38-10-8-37(9-11-38)27-6-7-28(35-19-27)42-20-22-14-25-4-5-26(15-22)39(25)31(41)36-29-23-12-21-13-24(29)18-33(16-21,17-23)30(34)40/h6-7,19,21-26,29H,4-5,8-18,20H2,1-3H3,(H2,34,40)(H,36,41)/t21?,22?,23-,24+,25?,26?,29?,33?. The van der Waals surface area contributed by atoms with E-state index in [9.17, 15) is 9.59 Å². The largest absolute Gasteiger partial charge is 0.477 e. The van der Waals surface area contributed by atoms with Gasteiger partial charge in [0, 0.05) is 61.3 Å². The van der Waals surface area contributed by atoms with E-state index in [-0.39, 0.29) is 41.0 Å². The molecule has 7 aliphatic rings. The molecule has 4 saturated carbocycles. The Labute approximate surface area is 250 Å². The molecular weight excluding hydrogens is 528 g/mol. The number of ether oxygens (including phenoxy) is 1. The van der Waals surface area contributed by atoms with E-state index >= 15 is 0 Å². The average molecular weight is 579 g/mol. The van der Waals surface area contributed by atoms with Crippen LogP contribution in [0.3, 0.4) is 0 Å². The molecule has 9 nitrogen and oxygen atoms in total. The Morgan fingerprint density at radius 1 is 1.00 bits per heavy atom. The van der Waals surface area contributed by atoms with Crippen LogP contribution in [0.15, 0.2) is 18.3 Å². The number of hydrogen-bond acceptors (Lipinski definition) is 6. The van der Waals surface area contributed by atoms with Crippen molar-refractivity contribution in [2.24, 2.45) is 34.8 Å². The molecule has 3 aliphatic heterocycles. The molecule has 4 aliphatic carbocycles. The van der Waals surface area contributed by atoms with Crippen LogP contribution in [0.1, 0.15) is 78.6 Å². The number of carbonyl (C=O) groups excluding carboxylic acids is 2. The molecule has 0 radical (unpaired) electrons. The van der Waals surface area contributed by atoms with E-state index in [0.717, 1.165) is 89.7 Å². The number of fused-ring (bicyclic) bond motifs is 2. The first-order valence-corrected chi connectivity index (χ1v) is 16.6. The normalized spacial score (nSPS) is 37.6. The van der Waals surface area contributed by atoms with Crippen molar-refractivity contribution in [1.82, 2.24) is 20.1 Å². The van der Waals surface area contributed by atoms with E-state index in [4.69, 9.17) is 10.5 Å². The lowest BCUT2D eigenvalue weighted by Crippen LogP contribution is -2.64. The first-order chi connectivity index (χ1) is 20.1. The maximum atomic E-state index is 13.7. The molecule has 3 saturated heterocycles. The molecular formula is C33H50N6O3. The number of amides is 3. The Morgan fingerprint density at radius 2 is 1.67 bits per heavy atom. The van der Waals surface area contributed by atoms with Gasteiger partial charge >= 0.3 is 6.03 Å². The van der Waals surface area contributed by atoms with E-state index in [0.29, 0.717) is 36.2 Å². The van der Waals surface area contributed by atoms with Crippen LogP contribution < -0.4 is 20.7 Å². The summed E-state index contributed by atoms with van der Waals surface area (Å²) >= 11 is 0. The van der Waals surface area contributed by atoms with Gasteiger partial charge in [0.2, 0.25) is 11.8 Å². The Kier molecular flexibility index (Phi) is 7.10. The van der Waals surface area contributed by atoms with E-state index in [1.54, 1.807) is 0 Å². The fourth-order valence-corrected chi connectivity index (χ4v) is 10.0. The fraction of sp³-hybridized carbons (Fsp3) is 0.788. The van der Waals surface area contributed by atoms with E-state index < -0.39 is 0 Å². The van der Waals surface area contributed by atoms with Gasteiger partial charge in [0.05, 0.1) is 18.5 Å². The summed E-state index contributed by atoms with van der Waals surface area (Å²) in [6.07, 6.45) is 11.0. The van der Waals surface area contributed by atoms with E-state index in [2.05, 4.69) is 51.8 Å². The fourth-order valence-electron chi connectivity index (χ4n) is 10.0. The summed E-state index contributed by atoms with van der Waals surface area (Å²) in [5.41, 5.74) is 6.94. The van der Waals surface area contributed by atoms with Crippen molar-refractivity contribution in [2.45, 2.75) is 102 Å². The number of nitrogens with zero attached hydrogens (tertiary/aromatic N) is 4. The molecule has 0 aromatic carbocycles. The summed E-state index contributed by atoms with van der Waals surface area (Å²) in [7, 11) is 0. The zero-order valence-corrected chi connectivity index (χ0v) is 25.8. The van der Waals surface area contributed by atoms with Crippen LogP contribution in [0.25, 0.3) is 0 Å². The van der Waals surface area contributed by atoms with E-state index in [1.165, 1.54) is 0 Å². The van der Waals surface area contributed by atoms with Gasteiger partial charge in [-0.25, -0.2) is 9.78 Å². The number of pyridine rings is 1. The Bertz CT molecular complexity index is 1150. The summed E-state index contributed by atoms with van der Waals surface area (Å²) in [6, 6.07) is 5.03. The first-order valence-electron chi connectivity index (χ1n) is 16.6. The number of rotatable bonds is 6. The summed E-state index contributed by atoms with van der Waals surface area (Å²) in [5.74, 6) is 2.40. The number of nitrogens with two attached hydrogens (primary N) is 1. The number of anilines is 1. The maximum absolute atomic E-state index is 13.7. The minimum atomic E-state index is -0.314. The number of carbonyl (C=O) groups is 2. The summed E-state index contributed by atoms with van der Waals surface area (Å²) in [5, 5.41) is 3.49. The summed E-state index contributed by atoms with van der Waals surface area (Å²) in [6.45, 7) is 11.7. The smallest absolute Gasteiger partial charge is 0.318 e. The van der Waals surface area contributed by atoms with Gasteiger partial charge in [-0.3, -0.25) is 9.69 Å². The first kappa shape index (κ1) is 28.2. The molecule has 7 fully saturated rings. The number of hydrogen-bond donors (Lipinski definition) is 2. The van der Waals surface area contributed by atoms with Crippen LogP contribution in [0.2, 0.25) is 0 Å². The maximum Gasteiger partial charge on any atom is 0.318 e. The molecule has 8 rings (SSSR count). The lowest BCUT2D eigenvalue weighted by Gasteiger charge is -2.59. The summed E-state index contributed by atoms with van der Waals surface area (Å²) < 4.78 is 6.19. The number of piperazine rings is 1. The molecule has 230 valence electrons. The van der Waals surface area contributed by atoms with Gasteiger partial charge in [-0.15, -0.1) is 0 Å². The molecule has 6 bridgehead atoms. The zero-order chi connectivity index (χ0) is 29.2. The summed E-state index contributed by atoms with van der Waals surface area (Å²) in [4.78, 5) is 37.7. The number of aromatic nitrogens is 1. The predicted molar refractivity (Wildman–Crippen MR) is 162 cm³/mol. The monoisotopic (exact) mass is 578 g/mol. The minimum Gasteiger partial charge on any atom is -0.477 e. The van der Waals surface area contributed by atoms with Crippen LogP contribution in [0.5, 0.6) is 5.88 Å². The SMILES string of the molecule is CC(C)(C)N1CCN(c2ccc(OCC3CC4CCC(C3)N4C(=O)NC3[C@@H]4CC5C[C@H]3CC(C(N)=O)(C5)C4)nc2)CC1. The topological polar surface area (TPSA) is 104 Å². The molecule has 3 amide bonds. The minimum absolute atomic E-state index is 0.116. The van der Waals surface area contributed by atoms with Gasteiger partial charge in [-0.2, -0.15) is 0 Å². The van der Waals surface area contributed by atoms with Crippen LogP contribution in [-0.4, -0.2) is 83.2 Å². The van der Waals surface area contributed by atoms with Crippen molar-refractivity contribution >= 4 is 17.6 Å². The van der Waals surface area contributed by atoms with Gasteiger partial charge in [0.15, 0.2) is 0 Å². The number of piperidine rings is 1. The van der Waals surface area contributed by atoms with Crippen molar-refractivity contribution in [3.8, 4) is 5.88 Å². The molecule has 4 heterocycles. The predicted octanol–water partition coefficient (Wildman–Crippen LogP) is 4.01. The van der Waals surface area contributed by atoms with Crippen LogP contribution in [0, 0.1) is 29.1 Å². The van der Waals surface area contributed by atoms with Crippen LogP contribution >= 0.6 is 0 Å². The molecule has 9 heteroatoms. The number of urea groups is 1. The van der Waals surface area contributed by atoms with Crippen LogP contribution in [0.4, 0.5) is 10.5 Å². The second kappa shape index (κ2) is 10.6. The third-order valence-electron chi connectivity index (χ3n) is 11.9. The Balaban J connectivity index is 0.898. The van der Waals surface area contributed by atoms with Gasteiger partial charge in [-0.1, -0.05) is 0 Å². The van der Waals surface area contributed by atoms with Crippen molar-refractivity contribution < 1.29 is 14.3 Å². The Hall–Kier alpha value is -2.55. The Morgan fingerprint density at radius 3 is 2.24 bits per heavy atom. The van der Waals surface area contributed by atoms with Crippen molar-refractivity contribution in [1.29, 1.82) is 0 Å². The van der Waals surface area contributed by atoms with Crippen molar-refractivity contribution in [3.63, 3.8) is 0 Å². The molecule has 7 atom stereocenters. The average Bonchev–Trinajstić information content (AvgIpc) is 3.23. The molecule has 42 heavy (non-hydrogen) atoms. The quantitative estimate of drug-likeness (QED) is 0.529. The number of nitrogens with one attached hydrogen (secondary N) is 1. The van der Waals surface area contributed by atoms with Crippen molar-refractivity contribution in [2.75, 3.05) is 37.7 Å². The van der Waals surface area contributed by atoms with Gasteiger partial charge in [0.25, 0.3) is 0 Å². The molecule has 5 unspecified atom stereocenters. The molecule has 3 N–H and O–H groups in total. The zero-order valence-electron chi connectivity index (χ0n) is 25.8. The van der Waals surface area contributed by atoms with Gasteiger partial charge < -0.3 is 25.6 Å². The highest BCUT2D eigenvalue weighted by atomic mass is 16.5. The van der Waals surface area contributed by atoms with Gasteiger partial charge in [-0.05, 0) is 108 Å². The van der Waals surface area contributed by atoms with E-state index in [1.807, 2.05) is 12.3 Å². The third kappa shape index (κ3) is 5.13. The second-order valence-corrected chi connectivity index (χ2v) is 15.5. The number of primary amides is 1. The molecule has 1 aromatic rings. The molecule has 1 aromatic heterocycles. The highest BCUT2D eigenvalue weighted by Gasteiger charge is 2.58. The highest BCUT2D eigenvalue weighted by Crippen LogP contribution is 2.60. The third-order valence-corrected chi connectivity index (χ3v) is 11.9.